The van der Waals surface area contributed by atoms with Gasteiger partial charge in [0.25, 0.3) is 0 Å². The van der Waals surface area contributed by atoms with E-state index in [1.165, 1.54) is 19.4 Å². The van der Waals surface area contributed by atoms with E-state index < -0.39 is 0 Å². The van der Waals surface area contributed by atoms with Gasteiger partial charge in [-0.25, -0.2) is 0 Å². The van der Waals surface area contributed by atoms with E-state index in [2.05, 4.69) is 18.7 Å². The van der Waals surface area contributed by atoms with Crippen LogP contribution in [0.4, 0.5) is 0 Å². The second kappa shape index (κ2) is 6.97. The Hall–Kier alpha value is -0.610. The molecule has 100 valence electrons. The summed E-state index contributed by atoms with van der Waals surface area (Å²) in [5, 5.41) is 0. The molecule has 0 saturated carbocycles. The second-order valence-electron chi connectivity index (χ2n) is 5.04. The van der Waals surface area contributed by atoms with Crippen LogP contribution in [-0.4, -0.2) is 54.5 Å². The lowest BCUT2D eigenvalue weighted by atomic mass is 10.1. The number of carbonyl (C=O) groups excluding carboxylic acids is 1. The summed E-state index contributed by atoms with van der Waals surface area (Å²) in [5.74, 6) is 0.0924. The van der Waals surface area contributed by atoms with Crippen molar-refractivity contribution >= 4 is 5.91 Å². The maximum Gasteiger partial charge on any atom is 0.239 e. The van der Waals surface area contributed by atoms with Gasteiger partial charge >= 0.3 is 0 Å². The van der Waals surface area contributed by atoms with Gasteiger partial charge in [0.1, 0.15) is 0 Å². The molecule has 0 spiro atoms. The number of amides is 1. The quantitative estimate of drug-likeness (QED) is 0.756. The number of nitrogens with zero attached hydrogens (tertiary/aromatic N) is 2. The maximum absolute atomic E-state index is 12.0. The van der Waals surface area contributed by atoms with Crippen LogP contribution in [0.5, 0.6) is 0 Å². The summed E-state index contributed by atoms with van der Waals surface area (Å²) in [6, 6.07) is 0.212. The molecule has 0 radical (unpaired) electrons. The largest absolute Gasteiger partial charge is 0.343 e. The highest BCUT2D eigenvalue weighted by molar-refractivity contribution is 5.81. The zero-order valence-corrected chi connectivity index (χ0v) is 11.5. The fourth-order valence-corrected chi connectivity index (χ4v) is 2.64. The third-order valence-electron chi connectivity index (χ3n) is 3.68. The van der Waals surface area contributed by atoms with Gasteiger partial charge < -0.3 is 10.6 Å². The van der Waals surface area contributed by atoms with Gasteiger partial charge in [0.05, 0.1) is 6.04 Å². The first-order valence-electron chi connectivity index (χ1n) is 6.84. The van der Waals surface area contributed by atoms with Gasteiger partial charge in [-0.05, 0) is 32.4 Å². The molecule has 0 aromatic carbocycles. The highest BCUT2D eigenvalue weighted by atomic mass is 16.2. The van der Waals surface area contributed by atoms with Gasteiger partial charge in [-0.3, -0.25) is 9.69 Å². The zero-order chi connectivity index (χ0) is 12.8. The molecule has 1 rings (SSSR count). The first-order chi connectivity index (χ1) is 8.10. The van der Waals surface area contributed by atoms with Crippen molar-refractivity contribution in [2.45, 2.75) is 51.6 Å². The van der Waals surface area contributed by atoms with Crippen LogP contribution < -0.4 is 5.73 Å². The molecule has 2 N–H and O–H groups in total. The van der Waals surface area contributed by atoms with Crippen LogP contribution >= 0.6 is 0 Å². The molecule has 0 aromatic rings. The van der Waals surface area contributed by atoms with Crippen molar-refractivity contribution in [3.8, 4) is 0 Å². The lowest BCUT2D eigenvalue weighted by Crippen LogP contribution is -2.47. The summed E-state index contributed by atoms with van der Waals surface area (Å²) < 4.78 is 0. The molecule has 1 aliphatic rings. The molecule has 0 aromatic heterocycles. The normalized spacial score (nSPS) is 22.7. The molecule has 2 atom stereocenters. The van der Waals surface area contributed by atoms with E-state index in [4.69, 9.17) is 5.73 Å². The van der Waals surface area contributed by atoms with Gasteiger partial charge in [-0.15, -0.1) is 0 Å². The van der Waals surface area contributed by atoms with Gasteiger partial charge in [-0.2, -0.15) is 0 Å². The van der Waals surface area contributed by atoms with E-state index in [0.717, 1.165) is 25.9 Å². The number of nitrogens with two attached hydrogens (primary N) is 1. The van der Waals surface area contributed by atoms with Crippen LogP contribution in [-0.2, 0) is 4.79 Å². The summed E-state index contributed by atoms with van der Waals surface area (Å²) in [6.07, 6.45) is 4.20. The van der Waals surface area contributed by atoms with Gasteiger partial charge in [-0.1, -0.05) is 20.3 Å². The Morgan fingerprint density at radius 1 is 1.53 bits per heavy atom. The predicted octanol–water partition coefficient (Wildman–Crippen LogP) is 1.06. The Morgan fingerprint density at radius 2 is 2.24 bits per heavy atom. The summed E-state index contributed by atoms with van der Waals surface area (Å²) in [7, 11) is 1.88. The van der Waals surface area contributed by atoms with E-state index in [0.29, 0.717) is 6.04 Å². The average Bonchev–Trinajstić information content (AvgIpc) is 2.75. The van der Waals surface area contributed by atoms with Gasteiger partial charge in [0, 0.05) is 19.6 Å². The minimum atomic E-state index is -0.318. The lowest BCUT2D eigenvalue weighted by Gasteiger charge is -2.29. The number of hydrogen-bond donors (Lipinski definition) is 1. The van der Waals surface area contributed by atoms with Crippen LogP contribution in [0.1, 0.15) is 39.5 Å². The second-order valence-corrected chi connectivity index (χ2v) is 5.04. The minimum Gasteiger partial charge on any atom is -0.343 e. The fourth-order valence-electron chi connectivity index (χ4n) is 2.64. The molecule has 4 heteroatoms. The van der Waals surface area contributed by atoms with E-state index in [1.54, 1.807) is 0 Å². The average molecular weight is 241 g/mol. The van der Waals surface area contributed by atoms with Crippen LogP contribution in [0.15, 0.2) is 0 Å². The third-order valence-corrected chi connectivity index (χ3v) is 3.68. The Balaban J connectivity index is 2.42. The van der Waals surface area contributed by atoms with Crippen molar-refractivity contribution in [3.63, 3.8) is 0 Å². The topological polar surface area (TPSA) is 49.6 Å². The summed E-state index contributed by atoms with van der Waals surface area (Å²) in [5.41, 5.74) is 5.87. The monoisotopic (exact) mass is 241 g/mol. The highest BCUT2D eigenvalue weighted by Gasteiger charge is 2.26. The molecule has 17 heavy (non-hydrogen) atoms. The Kier molecular flexibility index (Phi) is 5.92. The molecule has 0 bridgehead atoms. The van der Waals surface area contributed by atoms with E-state index in [1.807, 2.05) is 11.9 Å². The summed E-state index contributed by atoms with van der Waals surface area (Å²) >= 11 is 0. The number of likely N-dealkylation sites (tertiary alicyclic amines) is 1. The Bertz CT molecular complexity index is 245. The smallest absolute Gasteiger partial charge is 0.239 e. The first-order valence-corrected chi connectivity index (χ1v) is 6.84. The standard InChI is InChI=1S/C13H27N3O/c1-4-7-12(14)13(17)15(3)10-11-8-6-9-16(11)5-2/h11-12H,4-10,14H2,1-3H3/t11?,12-/m0/s1. The SMILES string of the molecule is CCC[C@H](N)C(=O)N(C)CC1CCCN1CC. The van der Waals surface area contributed by atoms with E-state index in [9.17, 15) is 4.79 Å². The van der Waals surface area contributed by atoms with Crippen molar-refractivity contribution in [1.82, 2.24) is 9.80 Å². The van der Waals surface area contributed by atoms with Crippen molar-refractivity contribution < 1.29 is 4.79 Å². The lowest BCUT2D eigenvalue weighted by molar-refractivity contribution is -0.132. The molecular weight excluding hydrogens is 214 g/mol. The van der Waals surface area contributed by atoms with Crippen molar-refractivity contribution in [1.29, 1.82) is 0 Å². The highest BCUT2D eigenvalue weighted by Crippen LogP contribution is 2.17. The van der Waals surface area contributed by atoms with Gasteiger partial charge in [0.15, 0.2) is 0 Å². The van der Waals surface area contributed by atoms with E-state index >= 15 is 0 Å². The first kappa shape index (κ1) is 14.5. The zero-order valence-electron chi connectivity index (χ0n) is 11.5. The Labute approximate surface area is 105 Å². The minimum absolute atomic E-state index is 0.0924. The van der Waals surface area contributed by atoms with Crippen LogP contribution in [0.25, 0.3) is 0 Å². The third kappa shape index (κ3) is 3.96. The summed E-state index contributed by atoms with van der Waals surface area (Å²) in [6.45, 7) is 7.31. The molecule has 0 aliphatic carbocycles. The summed E-state index contributed by atoms with van der Waals surface area (Å²) in [4.78, 5) is 16.3. The van der Waals surface area contributed by atoms with Crippen LogP contribution in [0.3, 0.4) is 0 Å². The molecule has 1 amide bonds. The van der Waals surface area contributed by atoms with Crippen LogP contribution in [0.2, 0.25) is 0 Å². The molecule has 1 heterocycles. The van der Waals surface area contributed by atoms with Crippen molar-refractivity contribution in [2.75, 3.05) is 26.7 Å². The molecule has 4 nitrogen and oxygen atoms in total. The molecule has 1 fully saturated rings. The number of carbonyl (C=O) groups is 1. The molecule has 1 unspecified atom stereocenters. The van der Waals surface area contributed by atoms with E-state index in [-0.39, 0.29) is 11.9 Å². The van der Waals surface area contributed by atoms with Gasteiger partial charge in [0.2, 0.25) is 5.91 Å². The number of likely N-dealkylation sites (N-methyl/N-ethyl adjacent to an activating group) is 2. The molecular formula is C13H27N3O. The number of rotatable bonds is 6. The van der Waals surface area contributed by atoms with Crippen LogP contribution in [0, 0.1) is 0 Å². The molecule has 1 saturated heterocycles. The number of hydrogen-bond acceptors (Lipinski definition) is 3. The Morgan fingerprint density at radius 3 is 2.82 bits per heavy atom. The molecule has 1 aliphatic heterocycles. The fraction of sp³-hybridized carbons (Fsp3) is 0.923. The predicted molar refractivity (Wildman–Crippen MR) is 70.8 cm³/mol. The van der Waals surface area contributed by atoms with Crippen molar-refractivity contribution in [2.24, 2.45) is 5.73 Å². The van der Waals surface area contributed by atoms with Crippen molar-refractivity contribution in [3.05, 3.63) is 0 Å². The maximum atomic E-state index is 12.0.